The molecule has 0 fully saturated rings. The lowest BCUT2D eigenvalue weighted by atomic mass is 9.98. The van der Waals surface area contributed by atoms with Crippen LogP contribution in [0.2, 0.25) is 0 Å². The molecule has 0 saturated heterocycles. The van der Waals surface area contributed by atoms with E-state index >= 15 is 0 Å². The first-order valence-electron chi connectivity index (χ1n) is 12.1. The normalized spacial score (nSPS) is 13.6. The number of hydrogen-bond donors (Lipinski definition) is 3. The summed E-state index contributed by atoms with van der Waals surface area (Å²) in [5.41, 5.74) is -0.0305. The van der Waals surface area contributed by atoms with Gasteiger partial charge in [0, 0.05) is 11.6 Å². The zero-order chi connectivity index (χ0) is 27.5. The maximum atomic E-state index is 13.8. The standard InChI is InChI=1S/C26H40N4O5S/c1-8-10-18(3)28-23(32)21(19-12-9-11-17(2)22(19)31)30(15-14-27)24(33)20(13-16-36-7)29-25(34)35-26(4,5)6/h9,11-12,18,20-21,31H,8,10,13,15-16H2,1-7H3,(H,28,32)(H,29,34). The molecule has 3 amide bonds. The molecule has 1 rings (SSSR count). The number of ether oxygens (including phenoxy) is 1. The summed E-state index contributed by atoms with van der Waals surface area (Å²) < 4.78 is 5.33. The third kappa shape index (κ3) is 9.61. The Balaban J connectivity index is 3.50. The van der Waals surface area contributed by atoms with Gasteiger partial charge in [0.1, 0.15) is 30.0 Å². The molecule has 1 aromatic carbocycles. The number of hydrogen-bond acceptors (Lipinski definition) is 7. The second-order valence-electron chi connectivity index (χ2n) is 9.72. The molecule has 200 valence electrons. The van der Waals surface area contributed by atoms with E-state index in [1.54, 1.807) is 45.9 Å². The van der Waals surface area contributed by atoms with Crippen molar-refractivity contribution in [3.05, 3.63) is 29.3 Å². The van der Waals surface area contributed by atoms with Gasteiger partial charge < -0.3 is 25.4 Å². The summed E-state index contributed by atoms with van der Waals surface area (Å²) in [5, 5.41) is 25.9. The Morgan fingerprint density at radius 1 is 1.22 bits per heavy atom. The quantitative estimate of drug-likeness (QED) is 0.354. The summed E-state index contributed by atoms with van der Waals surface area (Å²) in [6.45, 7) is 10.3. The minimum Gasteiger partial charge on any atom is -0.507 e. The number of para-hydroxylation sites is 1. The predicted octanol–water partition coefficient (Wildman–Crippen LogP) is 4.05. The maximum Gasteiger partial charge on any atom is 0.408 e. The van der Waals surface area contributed by atoms with E-state index in [-0.39, 0.29) is 23.8 Å². The largest absolute Gasteiger partial charge is 0.507 e. The molecule has 1 aromatic rings. The lowest BCUT2D eigenvalue weighted by Gasteiger charge is -2.34. The molecular formula is C26H40N4O5S. The Labute approximate surface area is 218 Å². The van der Waals surface area contributed by atoms with Gasteiger partial charge in [-0.1, -0.05) is 31.5 Å². The monoisotopic (exact) mass is 520 g/mol. The first-order chi connectivity index (χ1) is 16.9. The third-order valence-corrected chi connectivity index (χ3v) is 6.00. The van der Waals surface area contributed by atoms with Crippen molar-refractivity contribution in [1.29, 1.82) is 5.26 Å². The van der Waals surface area contributed by atoms with E-state index < -0.39 is 42.1 Å². The van der Waals surface area contributed by atoms with Gasteiger partial charge in [-0.3, -0.25) is 9.59 Å². The molecule has 0 aliphatic heterocycles. The van der Waals surface area contributed by atoms with Gasteiger partial charge in [-0.25, -0.2) is 4.79 Å². The van der Waals surface area contributed by atoms with Crippen LogP contribution in [0.5, 0.6) is 5.75 Å². The van der Waals surface area contributed by atoms with Crippen molar-refractivity contribution in [3.63, 3.8) is 0 Å². The molecule has 0 spiro atoms. The number of carbonyl (C=O) groups excluding carboxylic acids is 3. The second kappa shape index (κ2) is 14.6. The van der Waals surface area contributed by atoms with Crippen LogP contribution in [0.25, 0.3) is 0 Å². The van der Waals surface area contributed by atoms with Crippen LogP contribution in [0, 0.1) is 18.3 Å². The van der Waals surface area contributed by atoms with Crippen molar-refractivity contribution in [2.75, 3.05) is 18.6 Å². The van der Waals surface area contributed by atoms with E-state index in [1.807, 2.05) is 26.2 Å². The van der Waals surface area contributed by atoms with Crippen LogP contribution in [0.15, 0.2) is 18.2 Å². The highest BCUT2D eigenvalue weighted by Gasteiger charge is 2.37. The van der Waals surface area contributed by atoms with Gasteiger partial charge in [0.2, 0.25) is 11.8 Å². The molecule has 3 unspecified atom stereocenters. The first-order valence-corrected chi connectivity index (χ1v) is 13.5. The molecule has 3 atom stereocenters. The van der Waals surface area contributed by atoms with Crippen LogP contribution in [0.1, 0.15) is 71.0 Å². The fourth-order valence-corrected chi connectivity index (χ4v) is 4.17. The molecule has 0 radical (unpaired) electrons. The topological polar surface area (TPSA) is 132 Å². The zero-order valence-electron chi connectivity index (χ0n) is 22.4. The number of nitrogens with one attached hydrogen (secondary N) is 2. The fourth-order valence-electron chi connectivity index (χ4n) is 3.70. The molecule has 9 nitrogen and oxygen atoms in total. The maximum absolute atomic E-state index is 13.8. The van der Waals surface area contributed by atoms with E-state index in [1.165, 1.54) is 11.8 Å². The average molecular weight is 521 g/mol. The Hall–Kier alpha value is -2.93. The number of nitrogens with zero attached hydrogens (tertiary/aromatic N) is 2. The van der Waals surface area contributed by atoms with E-state index in [9.17, 15) is 24.8 Å². The Kier molecular flexibility index (Phi) is 12.6. The molecule has 0 aliphatic carbocycles. The van der Waals surface area contributed by atoms with Crippen molar-refractivity contribution >= 4 is 29.7 Å². The van der Waals surface area contributed by atoms with Crippen LogP contribution in [-0.2, 0) is 14.3 Å². The van der Waals surface area contributed by atoms with Crippen molar-refractivity contribution in [1.82, 2.24) is 15.5 Å². The van der Waals surface area contributed by atoms with Gasteiger partial charge in [-0.05, 0) is 65.0 Å². The second-order valence-corrected chi connectivity index (χ2v) is 10.7. The number of thioether (sulfide) groups is 1. The molecule has 0 aromatic heterocycles. The number of rotatable bonds is 12. The van der Waals surface area contributed by atoms with E-state index in [0.717, 1.165) is 17.7 Å². The van der Waals surface area contributed by atoms with Crippen LogP contribution >= 0.6 is 11.8 Å². The zero-order valence-corrected chi connectivity index (χ0v) is 23.2. The molecule has 0 aliphatic rings. The van der Waals surface area contributed by atoms with Gasteiger partial charge in [0.05, 0.1) is 6.07 Å². The lowest BCUT2D eigenvalue weighted by molar-refractivity contribution is -0.142. The number of phenolic OH excluding ortho intramolecular Hbond substituents is 1. The van der Waals surface area contributed by atoms with E-state index in [0.29, 0.717) is 11.3 Å². The highest BCUT2D eigenvalue weighted by atomic mass is 32.2. The van der Waals surface area contributed by atoms with Crippen LogP contribution in [-0.4, -0.2) is 64.2 Å². The number of aromatic hydroxyl groups is 1. The van der Waals surface area contributed by atoms with Crippen LogP contribution < -0.4 is 10.6 Å². The molecule has 0 bridgehead atoms. The summed E-state index contributed by atoms with van der Waals surface area (Å²) in [6, 6.07) is 4.42. The average Bonchev–Trinajstić information content (AvgIpc) is 2.77. The van der Waals surface area contributed by atoms with Crippen LogP contribution in [0.3, 0.4) is 0 Å². The van der Waals surface area contributed by atoms with Gasteiger partial charge >= 0.3 is 6.09 Å². The Morgan fingerprint density at radius 3 is 2.44 bits per heavy atom. The van der Waals surface area contributed by atoms with E-state index in [4.69, 9.17) is 4.74 Å². The van der Waals surface area contributed by atoms with Crippen molar-refractivity contribution in [3.8, 4) is 11.8 Å². The van der Waals surface area contributed by atoms with Crippen molar-refractivity contribution in [2.24, 2.45) is 0 Å². The molecule has 3 N–H and O–H groups in total. The fraction of sp³-hybridized carbons (Fsp3) is 0.615. The number of phenols is 1. The number of carbonyl (C=O) groups is 3. The Bertz CT molecular complexity index is 941. The number of aryl methyl sites for hydroxylation is 1. The summed E-state index contributed by atoms with van der Waals surface area (Å²) in [6.07, 6.45) is 2.94. The van der Waals surface area contributed by atoms with E-state index in [2.05, 4.69) is 10.6 Å². The molecule has 36 heavy (non-hydrogen) atoms. The van der Waals surface area contributed by atoms with Crippen molar-refractivity contribution < 1.29 is 24.2 Å². The number of alkyl carbamates (subject to hydrolysis) is 1. The predicted molar refractivity (Wildman–Crippen MR) is 142 cm³/mol. The van der Waals surface area contributed by atoms with Crippen molar-refractivity contribution in [2.45, 2.75) is 84.5 Å². The van der Waals surface area contributed by atoms with Crippen LogP contribution in [0.4, 0.5) is 4.79 Å². The summed E-state index contributed by atoms with van der Waals surface area (Å²) in [5.74, 6) is -0.702. The minimum absolute atomic E-state index is 0.128. The Morgan fingerprint density at radius 2 is 1.89 bits per heavy atom. The SMILES string of the molecule is CCCC(C)NC(=O)C(c1cccc(C)c1O)N(CC#N)C(=O)C(CCSC)NC(=O)OC(C)(C)C. The number of nitriles is 1. The summed E-state index contributed by atoms with van der Waals surface area (Å²) >= 11 is 1.49. The smallest absolute Gasteiger partial charge is 0.408 e. The van der Waals surface area contributed by atoms with Gasteiger partial charge in [-0.15, -0.1) is 0 Å². The highest BCUT2D eigenvalue weighted by molar-refractivity contribution is 7.98. The molecule has 0 heterocycles. The molecule has 10 heteroatoms. The number of amides is 3. The van der Waals surface area contributed by atoms with Gasteiger partial charge in [0.25, 0.3) is 0 Å². The van der Waals surface area contributed by atoms with Gasteiger partial charge in [-0.2, -0.15) is 17.0 Å². The minimum atomic E-state index is -1.27. The summed E-state index contributed by atoms with van der Waals surface area (Å²) in [4.78, 5) is 40.9. The third-order valence-electron chi connectivity index (χ3n) is 5.36. The highest BCUT2D eigenvalue weighted by Crippen LogP contribution is 2.32. The molecule has 0 saturated carbocycles. The summed E-state index contributed by atoms with van der Waals surface area (Å²) in [7, 11) is 0. The van der Waals surface area contributed by atoms with Gasteiger partial charge in [0.15, 0.2) is 0 Å². The lowest BCUT2D eigenvalue weighted by Crippen LogP contribution is -2.54. The molecular weight excluding hydrogens is 480 g/mol. The first kappa shape index (κ1) is 31.1. The number of benzene rings is 1.